The van der Waals surface area contributed by atoms with Gasteiger partial charge in [0.05, 0.1) is 13.7 Å². The molecule has 0 aliphatic carbocycles. The molecular weight excluding hydrogens is 422 g/mol. The summed E-state index contributed by atoms with van der Waals surface area (Å²) in [5, 5.41) is 3.11. The number of rotatable bonds is 7. The quantitative estimate of drug-likeness (QED) is 0.381. The van der Waals surface area contributed by atoms with Crippen molar-refractivity contribution in [1.82, 2.24) is 10.2 Å². The van der Waals surface area contributed by atoms with Crippen molar-refractivity contribution in [1.29, 1.82) is 0 Å². The van der Waals surface area contributed by atoms with Crippen LogP contribution in [-0.2, 0) is 6.42 Å². The average Bonchev–Trinajstić information content (AvgIpc) is 3.02. The Morgan fingerprint density at radius 1 is 1.50 bits per heavy atom. The van der Waals surface area contributed by atoms with Gasteiger partial charge in [0.2, 0.25) is 0 Å². The zero-order valence-electron chi connectivity index (χ0n) is 14.4. The lowest BCUT2D eigenvalue weighted by molar-refractivity contribution is 0.273. The maximum absolute atomic E-state index is 13.3. The summed E-state index contributed by atoms with van der Waals surface area (Å²) in [6.07, 6.45) is 3.17. The first-order valence-electron chi connectivity index (χ1n) is 8.24. The minimum absolute atomic E-state index is 0. The summed E-state index contributed by atoms with van der Waals surface area (Å²) in [6, 6.07) is 5.40. The van der Waals surface area contributed by atoms with E-state index in [0.717, 1.165) is 31.6 Å². The van der Waals surface area contributed by atoms with Crippen LogP contribution < -0.4 is 15.8 Å². The molecule has 1 aliphatic rings. The molecule has 0 amide bonds. The van der Waals surface area contributed by atoms with E-state index in [0.29, 0.717) is 18.5 Å². The molecule has 1 aromatic carbocycles. The largest absolute Gasteiger partial charge is 0.494 e. The number of halogens is 2. The van der Waals surface area contributed by atoms with Gasteiger partial charge >= 0.3 is 0 Å². The average molecular weight is 450 g/mol. The van der Waals surface area contributed by atoms with E-state index in [1.165, 1.54) is 26.0 Å². The monoisotopic (exact) mass is 450 g/mol. The molecule has 1 atom stereocenters. The summed E-state index contributed by atoms with van der Waals surface area (Å²) in [4.78, 5) is 6.89. The molecule has 1 saturated heterocycles. The van der Waals surface area contributed by atoms with E-state index >= 15 is 0 Å². The van der Waals surface area contributed by atoms with Gasteiger partial charge in [-0.2, -0.15) is 0 Å². The van der Waals surface area contributed by atoms with Gasteiger partial charge in [-0.05, 0) is 50.0 Å². The van der Waals surface area contributed by atoms with Crippen molar-refractivity contribution in [3.63, 3.8) is 0 Å². The van der Waals surface area contributed by atoms with Crippen LogP contribution in [0.3, 0.4) is 0 Å². The number of ether oxygens (including phenoxy) is 1. The number of hydrogen-bond donors (Lipinski definition) is 2. The van der Waals surface area contributed by atoms with E-state index in [2.05, 4.69) is 22.1 Å². The fraction of sp³-hybridized carbons (Fsp3) is 0.588. The van der Waals surface area contributed by atoms with Crippen LogP contribution >= 0.6 is 24.0 Å². The lowest BCUT2D eigenvalue weighted by Gasteiger charge is -2.20. The molecule has 5 nitrogen and oxygen atoms in total. The van der Waals surface area contributed by atoms with Gasteiger partial charge in [0.15, 0.2) is 17.5 Å². The fourth-order valence-electron chi connectivity index (χ4n) is 2.97. The van der Waals surface area contributed by atoms with Crippen molar-refractivity contribution in [2.24, 2.45) is 10.7 Å². The van der Waals surface area contributed by atoms with Gasteiger partial charge in [0.1, 0.15) is 0 Å². The van der Waals surface area contributed by atoms with E-state index in [9.17, 15) is 4.39 Å². The molecule has 1 aromatic rings. The SMILES string of the molecule is CCN1CCCC1CN=C(N)NCCc1ccc(F)c(OC)c1.I. The van der Waals surface area contributed by atoms with E-state index in [1.54, 1.807) is 12.1 Å². The normalized spacial score (nSPS) is 18.3. The third-order valence-corrected chi connectivity index (χ3v) is 4.31. The Morgan fingerprint density at radius 3 is 3.00 bits per heavy atom. The lowest BCUT2D eigenvalue weighted by Crippen LogP contribution is -2.36. The Labute approximate surface area is 160 Å². The third kappa shape index (κ3) is 6.08. The predicted octanol–water partition coefficient (Wildman–Crippen LogP) is 2.38. The molecule has 0 aromatic heterocycles. The number of nitrogens with two attached hydrogens (primary N) is 1. The Bertz CT molecular complexity index is 541. The molecule has 7 heteroatoms. The highest BCUT2D eigenvalue weighted by Gasteiger charge is 2.22. The molecule has 0 radical (unpaired) electrons. The molecule has 24 heavy (non-hydrogen) atoms. The highest BCUT2D eigenvalue weighted by molar-refractivity contribution is 14.0. The molecule has 0 spiro atoms. The number of aliphatic imine (C=N–C) groups is 1. The van der Waals surface area contributed by atoms with E-state index in [1.807, 2.05) is 0 Å². The van der Waals surface area contributed by atoms with Crippen LogP contribution in [0.4, 0.5) is 4.39 Å². The van der Waals surface area contributed by atoms with E-state index in [4.69, 9.17) is 10.5 Å². The molecule has 136 valence electrons. The van der Waals surface area contributed by atoms with Gasteiger partial charge in [-0.15, -0.1) is 24.0 Å². The standard InChI is InChI=1S/C17H27FN4O.HI/c1-3-22-10-4-5-14(22)12-21-17(19)20-9-8-13-6-7-15(18)16(11-13)23-2;/h6-7,11,14H,3-5,8-10,12H2,1-2H3,(H3,19,20,21);1H. The van der Waals surface area contributed by atoms with Crippen LogP contribution in [0, 0.1) is 5.82 Å². The summed E-state index contributed by atoms with van der Waals surface area (Å²) < 4.78 is 18.3. The van der Waals surface area contributed by atoms with Gasteiger partial charge in [-0.1, -0.05) is 13.0 Å². The highest BCUT2D eigenvalue weighted by Crippen LogP contribution is 2.18. The first-order valence-corrected chi connectivity index (χ1v) is 8.24. The van der Waals surface area contributed by atoms with Crippen LogP contribution in [0.1, 0.15) is 25.3 Å². The first kappa shape index (κ1) is 21.0. The number of hydrogen-bond acceptors (Lipinski definition) is 3. The predicted molar refractivity (Wildman–Crippen MR) is 107 cm³/mol. The number of methoxy groups -OCH3 is 1. The zero-order valence-corrected chi connectivity index (χ0v) is 16.8. The molecule has 1 heterocycles. The Hall–Kier alpha value is -1.09. The number of likely N-dealkylation sites (N-methyl/N-ethyl adjacent to an activating group) is 1. The zero-order chi connectivity index (χ0) is 16.7. The Balaban J connectivity index is 0.00000288. The van der Waals surface area contributed by atoms with Gasteiger partial charge in [0, 0.05) is 12.6 Å². The van der Waals surface area contributed by atoms with Gasteiger partial charge in [-0.3, -0.25) is 9.89 Å². The molecule has 2 rings (SSSR count). The highest BCUT2D eigenvalue weighted by atomic mass is 127. The number of likely N-dealkylation sites (tertiary alicyclic amines) is 1. The number of nitrogens with zero attached hydrogens (tertiary/aromatic N) is 2. The van der Waals surface area contributed by atoms with Crippen LogP contribution in [0.15, 0.2) is 23.2 Å². The third-order valence-electron chi connectivity index (χ3n) is 4.31. The summed E-state index contributed by atoms with van der Waals surface area (Å²) in [5.74, 6) is 0.398. The molecule has 1 unspecified atom stereocenters. The smallest absolute Gasteiger partial charge is 0.188 e. The summed E-state index contributed by atoms with van der Waals surface area (Å²) in [5.41, 5.74) is 6.92. The lowest BCUT2D eigenvalue weighted by atomic mass is 10.1. The number of benzene rings is 1. The Kier molecular flexibility index (Phi) is 9.35. The van der Waals surface area contributed by atoms with Crippen molar-refractivity contribution < 1.29 is 9.13 Å². The molecule has 1 aliphatic heterocycles. The second-order valence-electron chi connectivity index (χ2n) is 5.80. The van der Waals surface area contributed by atoms with Crippen LogP contribution in [0.25, 0.3) is 0 Å². The molecular formula is C17H28FIN4O. The van der Waals surface area contributed by atoms with Crippen molar-refractivity contribution in [3.05, 3.63) is 29.6 Å². The van der Waals surface area contributed by atoms with E-state index < -0.39 is 0 Å². The number of guanidine groups is 1. The second kappa shape index (κ2) is 10.7. The topological polar surface area (TPSA) is 62.9 Å². The van der Waals surface area contributed by atoms with Crippen LogP contribution in [0.5, 0.6) is 5.75 Å². The molecule has 0 saturated carbocycles. The van der Waals surface area contributed by atoms with Crippen molar-refractivity contribution in [2.75, 3.05) is 33.3 Å². The van der Waals surface area contributed by atoms with Crippen LogP contribution in [0.2, 0.25) is 0 Å². The van der Waals surface area contributed by atoms with Crippen LogP contribution in [-0.4, -0.2) is 50.2 Å². The molecule has 1 fully saturated rings. The second-order valence-corrected chi connectivity index (χ2v) is 5.80. The summed E-state index contributed by atoms with van der Waals surface area (Å²) in [6.45, 7) is 5.82. The molecule has 3 N–H and O–H groups in total. The fourth-order valence-corrected chi connectivity index (χ4v) is 2.97. The maximum atomic E-state index is 13.3. The summed E-state index contributed by atoms with van der Waals surface area (Å²) >= 11 is 0. The van der Waals surface area contributed by atoms with Gasteiger partial charge < -0.3 is 15.8 Å². The minimum atomic E-state index is -0.345. The molecule has 0 bridgehead atoms. The van der Waals surface area contributed by atoms with Gasteiger partial charge in [0.25, 0.3) is 0 Å². The number of nitrogens with one attached hydrogen (secondary N) is 1. The van der Waals surface area contributed by atoms with Crippen molar-refractivity contribution in [2.45, 2.75) is 32.2 Å². The van der Waals surface area contributed by atoms with Crippen molar-refractivity contribution in [3.8, 4) is 5.75 Å². The minimum Gasteiger partial charge on any atom is -0.494 e. The van der Waals surface area contributed by atoms with Crippen molar-refractivity contribution >= 4 is 29.9 Å². The van der Waals surface area contributed by atoms with E-state index in [-0.39, 0.29) is 35.5 Å². The summed E-state index contributed by atoms with van der Waals surface area (Å²) in [7, 11) is 1.47. The maximum Gasteiger partial charge on any atom is 0.188 e. The van der Waals surface area contributed by atoms with Gasteiger partial charge in [-0.25, -0.2) is 4.39 Å². The first-order chi connectivity index (χ1) is 11.1. The Morgan fingerprint density at radius 2 is 2.29 bits per heavy atom.